The topological polar surface area (TPSA) is 94.0 Å². The Bertz CT molecular complexity index is 635. The normalized spacial score (nSPS) is 18.1. The monoisotopic (exact) mass is 258 g/mol. The third kappa shape index (κ3) is 2.10. The minimum Gasteiger partial charge on any atom is -0.478 e. The van der Waals surface area contributed by atoms with Crippen LogP contribution in [0.3, 0.4) is 0 Å². The van der Waals surface area contributed by atoms with Crippen LogP contribution in [0.2, 0.25) is 0 Å². The molecule has 2 aromatic rings. The van der Waals surface area contributed by atoms with Crippen LogP contribution in [0.5, 0.6) is 0 Å². The molecule has 1 aliphatic rings. The molecule has 6 heteroatoms. The van der Waals surface area contributed by atoms with Crippen LogP contribution in [0.15, 0.2) is 24.3 Å². The van der Waals surface area contributed by atoms with Crippen molar-refractivity contribution in [1.82, 2.24) is 14.8 Å². The first-order valence-corrected chi connectivity index (χ1v) is 6.17. The molecule has 98 valence electrons. The van der Waals surface area contributed by atoms with Crippen LogP contribution in [-0.2, 0) is 13.0 Å². The zero-order valence-corrected chi connectivity index (χ0v) is 10.3. The summed E-state index contributed by atoms with van der Waals surface area (Å²) in [5, 5.41) is 13.6. The molecule has 0 radical (unpaired) electrons. The van der Waals surface area contributed by atoms with E-state index in [-0.39, 0.29) is 11.6 Å². The zero-order valence-electron chi connectivity index (χ0n) is 10.3. The van der Waals surface area contributed by atoms with Crippen molar-refractivity contribution < 1.29 is 9.90 Å². The van der Waals surface area contributed by atoms with Crippen molar-refractivity contribution in [2.75, 3.05) is 0 Å². The first-order valence-electron chi connectivity index (χ1n) is 6.17. The molecule has 1 unspecified atom stereocenters. The summed E-state index contributed by atoms with van der Waals surface area (Å²) in [6, 6.07) is 6.86. The van der Waals surface area contributed by atoms with Gasteiger partial charge in [0.15, 0.2) is 5.82 Å². The first kappa shape index (κ1) is 11.9. The molecule has 1 aromatic carbocycles. The van der Waals surface area contributed by atoms with Crippen LogP contribution < -0.4 is 5.73 Å². The summed E-state index contributed by atoms with van der Waals surface area (Å²) in [7, 11) is 0. The minimum absolute atomic E-state index is 0.0942. The molecule has 3 rings (SSSR count). The summed E-state index contributed by atoms with van der Waals surface area (Å²) in [5.41, 5.74) is 6.66. The number of benzene rings is 1. The smallest absolute Gasteiger partial charge is 0.336 e. The summed E-state index contributed by atoms with van der Waals surface area (Å²) in [4.78, 5) is 15.6. The number of carboxylic acids is 1. The van der Waals surface area contributed by atoms with Gasteiger partial charge in [0.05, 0.1) is 12.1 Å². The van der Waals surface area contributed by atoms with E-state index in [9.17, 15) is 9.90 Å². The highest BCUT2D eigenvalue weighted by Crippen LogP contribution is 2.22. The van der Waals surface area contributed by atoms with Gasteiger partial charge >= 0.3 is 5.97 Å². The number of nitrogens with zero attached hydrogens (tertiary/aromatic N) is 3. The Morgan fingerprint density at radius 2 is 2.21 bits per heavy atom. The zero-order chi connectivity index (χ0) is 13.4. The molecule has 19 heavy (non-hydrogen) atoms. The number of hydrogen-bond acceptors (Lipinski definition) is 4. The van der Waals surface area contributed by atoms with Crippen LogP contribution in [0.25, 0.3) is 11.4 Å². The van der Waals surface area contributed by atoms with Gasteiger partial charge in [-0.1, -0.05) is 18.2 Å². The van der Waals surface area contributed by atoms with Gasteiger partial charge in [0.25, 0.3) is 0 Å². The van der Waals surface area contributed by atoms with Crippen LogP contribution in [-0.4, -0.2) is 31.9 Å². The number of fused-ring (bicyclic) bond motifs is 1. The van der Waals surface area contributed by atoms with Gasteiger partial charge in [0, 0.05) is 18.0 Å². The lowest BCUT2D eigenvalue weighted by molar-refractivity contribution is 0.0697. The first-order chi connectivity index (χ1) is 9.15. The molecule has 0 aliphatic carbocycles. The molecule has 0 saturated carbocycles. The summed E-state index contributed by atoms with van der Waals surface area (Å²) in [5.74, 6) is 0.360. The second kappa shape index (κ2) is 4.47. The fourth-order valence-electron chi connectivity index (χ4n) is 2.31. The predicted octanol–water partition coefficient (Wildman–Crippen LogP) is 0.917. The second-order valence-electron chi connectivity index (χ2n) is 4.68. The number of rotatable bonds is 2. The Kier molecular flexibility index (Phi) is 2.79. The highest BCUT2D eigenvalue weighted by atomic mass is 16.4. The minimum atomic E-state index is -0.972. The summed E-state index contributed by atoms with van der Waals surface area (Å²) >= 11 is 0. The van der Waals surface area contributed by atoms with Crippen molar-refractivity contribution in [3.05, 3.63) is 35.7 Å². The van der Waals surface area contributed by atoms with Crippen molar-refractivity contribution in [3.63, 3.8) is 0 Å². The van der Waals surface area contributed by atoms with Gasteiger partial charge in [-0.25, -0.2) is 14.5 Å². The molecule has 1 aromatic heterocycles. The van der Waals surface area contributed by atoms with Crippen molar-refractivity contribution in [1.29, 1.82) is 0 Å². The van der Waals surface area contributed by atoms with Gasteiger partial charge in [0.1, 0.15) is 5.82 Å². The summed E-state index contributed by atoms with van der Waals surface area (Å²) < 4.78 is 1.78. The summed E-state index contributed by atoms with van der Waals surface area (Å²) in [6.07, 6.45) is 1.67. The second-order valence-corrected chi connectivity index (χ2v) is 4.68. The number of aromatic nitrogens is 3. The van der Waals surface area contributed by atoms with Crippen molar-refractivity contribution in [2.45, 2.75) is 25.4 Å². The molecule has 0 amide bonds. The fraction of sp³-hybridized carbons (Fsp3) is 0.308. The maximum absolute atomic E-state index is 11.2. The van der Waals surface area contributed by atoms with E-state index in [0.717, 1.165) is 18.7 Å². The van der Waals surface area contributed by atoms with E-state index in [2.05, 4.69) is 10.1 Å². The summed E-state index contributed by atoms with van der Waals surface area (Å²) in [6.45, 7) is 0.636. The number of carboxylic acid groups (broad SMARTS) is 1. The van der Waals surface area contributed by atoms with Crippen LogP contribution in [0, 0.1) is 0 Å². The van der Waals surface area contributed by atoms with Gasteiger partial charge in [-0.2, -0.15) is 5.10 Å². The third-order valence-corrected chi connectivity index (χ3v) is 3.29. The molecular weight excluding hydrogens is 244 g/mol. The van der Waals surface area contributed by atoms with Gasteiger partial charge in [0.2, 0.25) is 0 Å². The molecule has 0 bridgehead atoms. The molecule has 0 saturated heterocycles. The lowest BCUT2D eigenvalue weighted by atomic mass is 10.1. The largest absolute Gasteiger partial charge is 0.478 e. The van der Waals surface area contributed by atoms with E-state index >= 15 is 0 Å². The van der Waals surface area contributed by atoms with Gasteiger partial charge in [-0.3, -0.25) is 0 Å². The Labute approximate surface area is 109 Å². The lowest BCUT2D eigenvalue weighted by Gasteiger charge is -2.17. The number of hydrogen-bond donors (Lipinski definition) is 2. The van der Waals surface area contributed by atoms with Crippen LogP contribution >= 0.6 is 0 Å². The highest BCUT2D eigenvalue weighted by molar-refractivity contribution is 5.94. The quantitative estimate of drug-likeness (QED) is 0.835. The number of nitrogens with two attached hydrogens (primary N) is 1. The van der Waals surface area contributed by atoms with E-state index in [1.165, 1.54) is 0 Å². The third-order valence-electron chi connectivity index (χ3n) is 3.29. The fourth-order valence-corrected chi connectivity index (χ4v) is 2.31. The molecule has 1 aliphatic heterocycles. The van der Waals surface area contributed by atoms with Crippen molar-refractivity contribution >= 4 is 5.97 Å². The Morgan fingerprint density at radius 1 is 1.42 bits per heavy atom. The van der Waals surface area contributed by atoms with Crippen molar-refractivity contribution in [2.24, 2.45) is 5.73 Å². The SMILES string of the molecule is NC1CCc2nc(-c3ccccc3C(=O)O)nn2C1. The average Bonchev–Trinajstić information content (AvgIpc) is 2.81. The molecule has 0 spiro atoms. The molecule has 2 heterocycles. The molecule has 3 N–H and O–H groups in total. The molecule has 1 atom stereocenters. The van der Waals surface area contributed by atoms with E-state index in [0.29, 0.717) is 17.9 Å². The number of aryl methyl sites for hydroxylation is 1. The standard InChI is InChI=1S/C13H14N4O2/c14-8-5-6-11-15-12(16-17(11)7-8)9-3-1-2-4-10(9)13(18)19/h1-4,8H,5-7,14H2,(H,18,19). The number of carbonyl (C=O) groups is 1. The Morgan fingerprint density at radius 3 is 3.00 bits per heavy atom. The van der Waals surface area contributed by atoms with E-state index < -0.39 is 5.97 Å². The van der Waals surface area contributed by atoms with Crippen LogP contribution in [0.1, 0.15) is 22.6 Å². The number of aromatic carboxylic acids is 1. The van der Waals surface area contributed by atoms with Gasteiger partial charge in [-0.05, 0) is 12.5 Å². The average molecular weight is 258 g/mol. The van der Waals surface area contributed by atoms with Crippen LogP contribution in [0.4, 0.5) is 0 Å². The van der Waals surface area contributed by atoms with E-state index in [1.54, 1.807) is 28.9 Å². The lowest BCUT2D eigenvalue weighted by Crippen LogP contribution is -2.32. The molecule has 6 nitrogen and oxygen atoms in total. The van der Waals surface area contributed by atoms with Gasteiger partial charge < -0.3 is 10.8 Å². The predicted molar refractivity (Wildman–Crippen MR) is 68.7 cm³/mol. The Hall–Kier alpha value is -2.21. The van der Waals surface area contributed by atoms with Gasteiger partial charge in [-0.15, -0.1) is 0 Å². The van der Waals surface area contributed by atoms with Crippen molar-refractivity contribution in [3.8, 4) is 11.4 Å². The highest BCUT2D eigenvalue weighted by Gasteiger charge is 2.21. The maximum atomic E-state index is 11.2. The van der Waals surface area contributed by atoms with E-state index in [1.807, 2.05) is 0 Å². The molecular formula is C13H14N4O2. The molecule has 0 fully saturated rings. The van der Waals surface area contributed by atoms with E-state index in [4.69, 9.17) is 5.73 Å². The Balaban J connectivity index is 2.06. The maximum Gasteiger partial charge on any atom is 0.336 e.